The Morgan fingerprint density at radius 2 is 1.81 bits per heavy atom. The van der Waals surface area contributed by atoms with Crippen LogP contribution in [0, 0.1) is 0 Å². The molecule has 31 heavy (non-hydrogen) atoms. The summed E-state index contributed by atoms with van der Waals surface area (Å²) in [4.78, 5) is 9.35. The maximum atomic E-state index is 12.7. The van der Waals surface area contributed by atoms with Gasteiger partial charge in [0.15, 0.2) is 5.13 Å². The highest BCUT2D eigenvalue weighted by Crippen LogP contribution is 2.36. The fraction of sp³-hybridized carbons (Fsp3) is 0.182. The lowest BCUT2D eigenvalue weighted by atomic mass is 10.0. The number of halogens is 3. The second kappa shape index (κ2) is 8.52. The Hall–Kier alpha value is -3.17. The predicted octanol–water partition coefficient (Wildman–Crippen LogP) is 4.94. The quantitative estimate of drug-likeness (QED) is 0.393. The molecule has 0 bridgehead atoms. The lowest BCUT2D eigenvalue weighted by Gasteiger charge is -2.13. The first-order valence-electron chi connectivity index (χ1n) is 9.55. The summed E-state index contributed by atoms with van der Waals surface area (Å²) in [6.07, 6.45) is -0.350. The van der Waals surface area contributed by atoms with Crippen LogP contribution in [0.25, 0.3) is 21.2 Å². The van der Waals surface area contributed by atoms with E-state index in [9.17, 15) is 13.2 Å². The number of pyridine rings is 1. The van der Waals surface area contributed by atoms with Crippen molar-refractivity contribution >= 4 is 33.1 Å². The van der Waals surface area contributed by atoms with E-state index in [-0.39, 0.29) is 6.04 Å². The van der Waals surface area contributed by atoms with Crippen molar-refractivity contribution in [3.05, 3.63) is 72.1 Å². The molecule has 0 saturated carbocycles. The van der Waals surface area contributed by atoms with Crippen LogP contribution in [-0.2, 0) is 12.6 Å². The summed E-state index contributed by atoms with van der Waals surface area (Å²) in [6, 6.07) is 12.7. The van der Waals surface area contributed by atoms with Gasteiger partial charge in [-0.05, 0) is 47.2 Å². The minimum absolute atomic E-state index is 0.293. The highest BCUT2D eigenvalue weighted by atomic mass is 32.1. The molecule has 4 rings (SSSR count). The van der Waals surface area contributed by atoms with Gasteiger partial charge in [0.1, 0.15) is 5.82 Å². The molecule has 0 fully saturated rings. The largest absolute Gasteiger partial charge is 0.416 e. The summed E-state index contributed by atoms with van der Waals surface area (Å²) < 4.78 is 38.0. The Morgan fingerprint density at radius 1 is 1.03 bits per heavy atom. The molecule has 2 heterocycles. The molecule has 2 aromatic carbocycles. The van der Waals surface area contributed by atoms with Gasteiger partial charge in [-0.2, -0.15) is 13.2 Å². The maximum Gasteiger partial charge on any atom is 0.416 e. The topological polar surface area (TPSA) is 89.8 Å². The third-order valence-electron chi connectivity index (χ3n) is 4.85. The fourth-order valence-corrected chi connectivity index (χ4v) is 4.15. The van der Waals surface area contributed by atoms with Gasteiger partial charge in [-0.3, -0.25) is 4.98 Å². The summed E-state index contributed by atoms with van der Waals surface area (Å²) in [5.74, 6) is 0.428. The number of nitrogens with two attached hydrogens (primary N) is 2. The van der Waals surface area contributed by atoms with E-state index in [1.165, 1.54) is 23.5 Å². The molecule has 0 radical (unpaired) electrons. The first-order chi connectivity index (χ1) is 14.8. The zero-order valence-corrected chi connectivity index (χ0v) is 17.2. The highest BCUT2D eigenvalue weighted by molar-refractivity contribution is 7.19. The van der Waals surface area contributed by atoms with Crippen LogP contribution >= 0.6 is 11.3 Å². The molecule has 5 N–H and O–H groups in total. The second-order valence-corrected chi connectivity index (χ2v) is 8.21. The molecule has 0 aliphatic rings. The molecule has 160 valence electrons. The number of hydrogen-bond acceptors (Lipinski definition) is 6. The Labute approximate surface area is 180 Å². The first-order valence-corrected chi connectivity index (χ1v) is 10.4. The molecule has 0 unspecified atom stereocenters. The summed E-state index contributed by atoms with van der Waals surface area (Å²) in [6.45, 7) is 0.413. The second-order valence-electron chi connectivity index (χ2n) is 7.21. The van der Waals surface area contributed by atoms with E-state index in [0.717, 1.165) is 38.9 Å². The molecule has 0 spiro atoms. The van der Waals surface area contributed by atoms with Crippen molar-refractivity contribution in [1.29, 1.82) is 0 Å². The molecule has 4 aromatic rings. The number of aromatic nitrogens is 2. The van der Waals surface area contributed by atoms with Crippen LogP contribution in [0.15, 0.2) is 60.9 Å². The first kappa shape index (κ1) is 21.1. The Kier molecular flexibility index (Phi) is 5.79. The number of fused-ring (bicyclic) bond motifs is 1. The lowest BCUT2D eigenvalue weighted by molar-refractivity contribution is -0.137. The Balaban J connectivity index is 1.40. The summed E-state index contributed by atoms with van der Waals surface area (Å²) >= 11 is 1.43. The van der Waals surface area contributed by atoms with Gasteiger partial charge < -0.3 is 16.8 Å². The highest BCUT2D eigenvalue weighted by Gasteiger charge is 2.29. The van der Waals surface area contributed by atoms with Gasteiger partial charge >= 0.3 is 6.18 Å². The van der Waals surface area contributed by atoms with Crippen LogP contribution in [0.3, 0.4) is 0 Å². The van der Waals surface area contributed by atoms with Gasteiger partial charge in [-0.1, -0.05) is 35.6 Å². The molecule has 0 aliphatic carbocycles. The van der Waals surface area contributed by atoms with Crippen LogP contribution in [-0.4, -0.2) is 22.6 Å². The van der Waals surface area contributed by atoms with E-state index in [0.29, 0.717) is 23.9 Å². The smallest absolute Gasteiger partial charge is 0.382 e. The number of thiazole rings is 1. The molecular formula is C22H20F3N5S. The number of nitrogen functional groups attached to an aromatic ring is 1. The number of nitrogens with one attached hydrogen (secondary N) is 1. The molecule has 1 atom stereocenters. The molecule has 2 aromatic heterocycles. The molecule has 5 nitrogen and oxygen atoms in total. The number of benzene rings is 2. The SMILES string of the molecule is Nc1nc(NC[C@@H](N)Cc2ccc(C(F)(F)F)cc2)sc1-c1ccc2cnccc2c1. The fourth-order valence-electron chi connectivity index (χ4n) is 3.26. The molecule has 0 aliphatic heterocycles. The van der Waals surface area contributed by atoms with Gasteiger partial charge in [0, 0.05) is 30.4 Å². The Bertz CT molecular complexity index is 1190. The molecule has 0 saturated heterocycles. The summed E-state index contributed by atoms with van der Waals surface area (Å²) in [7, 11) is 0. The van der Waals surface area contributed by atoms with E-state index in [2.05, 4.69) is 15.3 Å². The van der Waals surface area contributed by atoms with Crippen LogP contribution in [0.1, 0.15) is 11.1 Å². The summed E-state index contributed by atoms with van der Waals surface area (Å²) in [5, 5.41) is 5.93. The van der Waals surface area contributed by atoms with E-state index in [1.807, 2.05) is 24.3 Å². The van der Waals surface area contributed by atoms with Gasteiger partial charge in [-0.15, -0.1) is 0 Å². The molecule has 0 amide bonds. The third kappa shape index (κ3) is 4.95. The number of anilines is 2. The third-order valence-corrected chi connectivity index (χ3v) is 5.93. The van der Waals surface area contributed by atoms with Crippen molar-refractivity contribution in [3.63, 3.8) is 0 Å². The molecule has 9 heteroatoms. The van der Waals surface area contributed by atoms with E-state index >= 15 is 0 Å². The number of hydrogen-bond donors (Lipinski definition) is 3. The Morgan fingerprint density at radius 3 is 2.55 bits per heavy atom. The maximum absolute atomic E-state index is 12.7. The van der Waals surface area contributed by atoms with Gasteiger partial charge in [0.2, 0.25) is 0 Å². The minimum Gasteiger partial charge on any atom is -0.382 e. The predicted molar refractivity (Wildman–Crippen MR) is 119 cm³/mol. The molecular weight excluding hydrogens is 423 g/mol. The van der Waals surface area contributed by atoms with Crippen LogP contribution in [0.5, 0.6) is 0 Å². The number of nitrogens with zero attached hydrogens (tertiary/aromatic N) is 2. The average molecular weight is 443 g/mol. The monoisotopic (exact) mass is 443 g/mol. The van der Waals surface area contributed by atoms with Gasteiger partial charge in [-0.25, -0.2) is 4.98 Å². The van der Waals surface area contributed by atoms with Crippen molar-refractivity contribution in [3.8, 4) is 10.4 Å². The van der Waals surface area contributed by atoms with Gasteiger partial charge in [0.25, 0.3) is 0 Å². The van der Waals surface area contributed by atoms with E-state index < -0.39 is 11.7 Å². The minimum atomic E-state index is -4.34. The van der Waals surface area contributed by atoms with Crippen LogP contribution in [0.2, 0.25) is 0 Å². The lowest BCUT2D eigenvalue weighted by Crippen LogP contribution is -2.31. The zero-order chi connectivity index (χ0) is 22.0. The zero-order valence-electron chi connectivity index (χ0n) is 16.4. The van der Waals surface area contributed by atoms with E-state index in [4.69, 9.17) is 11.5 Å². The van der Waals surface area contributed by atoms with E-state index in [1.54, 1.807) is 12.4 Å². The summed E-state index contributed by atoms with van der Waals surface area (Å²) in [5.41, 5.74) is 13.3. The van der Waals surface area contributed by atoms with Crippen molar-refractivity contribution in [2.45, 2.75) is 18.6 Å². The number of alkyl halides is 3. The van der Waals surface area contributed by atoms with Crippen LogP contribution in [0.4, 0.5) is 24.1 Å². The van der Waals surface area contributed by atoms with Crippen LogP contribution < -0.4 is 16.8 Å². The van der Waals surface area contributed by atoms with Crippen molar-refractivity contribution in [2.24, 2.45) is 5.73 Å². The standard InChI is InChI=1S/C22H20F3N5S/c23-22(24,25)17-5-1-13(2-6-17)9-18(26)12-29-21-30-20(27)19(31-21)15-3-4-16-11-28-8-7-14(16)10-15/h1-8,10-11,18H,9,12,26-27H2,(H,29,30)/t18-/m0/s1. The van der Waals surface area contributed by atoms with Crippen molar-refractivity contribution in [2.75, 3.05) is 17.6 Å². The number of rotatable bonds is 6. The normalized spacial score (nSPS) is 12.8. The average Bonchev–Trinajstić information content (AvgIpc) is 3.12. The van der Waals surface area contributed by atoms with Crippen molar-refractivity contribution < 1.29 is 13.2 Å². The van der Waals surface area contributed by atoms with Crippen molar-refractivity contribution in [1.82, 2.24) is 9.97 Å². The van der Waals surface area contributed by atoms with Gasteiger partial charge in [0.05, 0.1) is 10.4 Å².